The van der Waals surface area contributed by atoms with E-state index in [9.17, 15) is 9.59 Å². The number of aliphatic carboxylic acids is 1. The van der Waals surface area contributed by atoms with E-state index in [4.69, 9.17) is 14.6 Å². The lowest BCUT2D eigenvalue weighted by Crippen LogP contribution is -2.23. The van der Waals surface area contributed by atoms with Crippen LogP contribution in [0, 0.1) is 5.92 Å². The third-order valence-corrected chi connectivity index (χ3v) is 7.61. The van der Waals surface area contributed by atoms with Gasteiger partial charge in [-0.25, -0.2) is 4.98 Å². The van der Waals surface area contributed by atoms with Gasteiger partial charge >= 0.3 is 5.97 Å². The number of nitrogens with one attached hydrogen (secondary N) is 1. The van der Waals surface area contributed by atoms with Gasteiger partial charge in [0.05, 0.1) is 14.2 Å². The maximum absolute atomic E-state index is 12.8. The lowest BCUT2D eigenvalue weighted by atomic mass is 9.77. The average molecular weight is 528 g/mol. The number of amides is 1. The number of methoxy groups -OCH3 is 2. The maximum atomic E-state index is 12.8. The van der Waals surface area contributed by atoms with E-state index in [0.717, 1.165) is 42.4 Å². The number of carbonyl (C=O) groups is 2. The third-order valence-electron chi connectivity index (χ3n) is 7.61. The van der Waals surface area contributed by atoms with Crippen molar-refractivity contribution in [3.8, 4) is 22.6 Å². The second-order valence-electron chi connectivity index (χ2n) is 10.1. The Hall–Kier alpha value is -4.33. The first kappa shape index (κ1) is 26.3. The molecule has 0 spiro atoms. The van der Waals surface area contributed by atoms with Gasteiger partial charge in [0.1, 0.15) is 11.3 Å². The van der Waals surface area contributed by atoms with Crippen molar-refractivity contribution in [2.45, 2.75) is 44.6 Å². The minimum absolute atomic E-state index is 0.252. The summed E-state index contributed by atoms with van der Waals surface area (Å²) in [7, 11) is 3.17. The first-order valence-corrected chi connectivity index (χ1v) is 13.2. The summed E-state index contributed by atoms with van der Waals surface area (Å²) in [5.41, 5.74) is 5.38. The maximum Gasteiger partial charge on any atom is 0.303 e. The number of hydrogen-bond donors (Lipinski definition) is 2. The van der Waals surface area contributed by atoms with Crippen molar-refractivity contribution in [1.29, 1.82) is 0 Å². The smallest absolute Gasteiger partial charge is 0.303 e. The molecule has 8 nitrogen and oxygen atoms in total. The van der Waals surface area contributed by atoms with E-state index in [-0.39, 0.29) is 12.3 Å². The fourth-order valence-corrected chi connectivity index (χ4v) is 5.43. The van der Waals surface area contributed by atoms with E-state index < -0.39 is 5.97 Å². The summed E-state index contributed by atoms with van der Waals surface area (Å²) in [5.74, 6) is 1.09. The summed E-state index contributed by atoms with van der Waals surface area (Å²) in [6.07, 6.45) is 8.03. The molecule has 1 amide bonds. The molecule has 0 atom stereocenters. The van der Waals surface area contributed by atoms with Crippen LogP contribution in [0.2, 0.25) is 0 Å². The molecule has 1 fully saturated rings. The molecule has 5 rings (SSSR count). The Morgan fingerprint density at radius 1 is 0.923 bits per heavy atom. The van der Waals surface area contributed by atoms with E-state index in [0.29, 0.717) is 41.2 Å². The summed E-state index contributed by atoms with van der Waals surface area (Å²) in [6.45, 7) is 0.339. The molecular formula is C31H33N3O5. The number of imidazole rings is 1. The van der Waals surface area contributed by atoms with Crippen LogP contribution in [0.1, 0.15) is 59.6 Å². The zero-order valence-corrected chi connectivity index (χ0v) is 22.2. The number of nitrogens with zero attached hydrogens (tertiary/aromatic N) is 2. The normalized spacial score (nSPS) is 17.1. The molecule has 2 N–H and O–H groups in total. The number of rotatable bonds is 9. The molecule has 2 heterocycles. The van der Waals surface area contributed by atoms with Crippen LogP contribution in [0.15, 0.2) is 67.0 Å². The minimum atomic E-state index is -0.694. The van der Waals surface area contributed by atoms with Crippen LogP contribution in [0.25, 0.3) is 16.8 Å². The van der Waals surface area contributed by atoms with Crippen molar-refractivity contribution in [1.82, 2.24) is 14.7 Å². The molecular weight excluding hydrogens is 494 g/mol. The van der Waals surface area contributed by atoms with E-state index in [1.807, 2.05) is 40.9 Å². The molecule has 0 saturated heterocycles. The highest BCUT2D eigenvalue weighted by molar-refractivity contribution is 5.92. The molecule has 0 radical (unpaired) electrons. The van der Waals surface area contributed by atoms with Crippen LogP contribution < -0.4 is 14.8 Å². The highest BCUT2D eigenvalue weighted by Gasteiger charge is 2.24. The molecule has 1 aliphatic rings. The lowest BCUT2D eigenvalue weighted by Gasteiger charge is -2.28. The third kappa shape index (κ3) is 6.06. The molecule has 202 valence electrons. The Kier molecular flexibility index (Phi) is 7.81. The molecule has 0 bridgehead atoms. The second-order valence-corrected chi connectivity index (χ2v) is 10.1. The zero-order chi connectivity index (χ0) is 27.4. The van der Waals surface area contributed by atoms with Crippen LogP contribution in [-0.2, 0) is 11.3 Å². The Labute approximate surface area is 227 Å². The molecule has 4 aromatic rings. The Balaban J connectivity index is 1.23. The summed E-state index contributed by atoms with van der Waals surface area (Å²) < 4.78 is 12.5. The van der Waals surface area contributed by atoms with Gasteiger partial charge in [0.25, 0.3) is 5.91 Å². The number of ether oxygens (including phenoxy) is 2. The molecule has 1 aliphatic carbocycles. The predicted octanol–water partition coefficient (Wildman–Crippen LogP) is 5.70. The lowest BCUT2D eigenvalue weighted by molar-refractivity contribution is -0.138. The summed E-state index contributed by atoms with van der Waals surface area (Å²) in [5, 5.41) is 12.0. The van der Waals surface area contributed by atoms with Gasteiger partial charge in [0.2, 0.25) is 0 Å². The van der Waals surface area contributed by atoms with Crippen LogP contribution in [0.4, 0.5) is 0 Å². The molecule has 8 heteroatoms. The van der Waals surface area contributed by atoms with E-state index in [1.165, 1.54) is 5.56 Å². The van der Waals surface area contributed by atoms with Gasteiger partial charge in [-0.2, -0.15) is 0 Å². The van der Waals surface area contributed by atoms with Gasteiger partial charge in [0.15, 0.2) is 11.5 Å². The van der Waals surface area contributed by atoms with E-state index in [1.54, 1.807) is 20.4 Å². The number of carboxylic acid groups (broad SMARTS) is 1. The fourth-order valence-electron chi connectivity index (χ4n) is 5.43. The van der Waals surface area contributed by atoms with Crippen LogP contribution in [0.5, 0.6) is 11.5 Å². The Morgan fingerprint density at radius 3 is 2.33 bits per heavy atom. The topological polar surface area (TPSA) is 102 Å². The SMILES string of the molecule is COc1ccc(CNC(=O)c2cn3cc(-c4ccc(C5CCC(CC(=O)O)CC5)cc4)ccc3n2)cc1OC. The van der Waals surface area contributed by atoms with Gasteiger partial charge in [-0.1, -0.05) is 30.3 Å². The van der Waals surface area contributed by atoms with E-state index >= 15 is 0 Å². The van der Waals surface area contributed by atoms with Gasteiger partial charge < -0.3 is 24.3 Å². The molecule has 39 heavy (non-hydrogen) atoms. The quantitative estimate of drug-likeness (QED) is 0.290. The summed E-state index contributed by atoms with van der Waals surface area (Å²) in [4.78, 5) is 28.3. The molecule has 2 aromatic carbocycles. The number of carboxylic acids is 1. The molecule has 1 saturated carbocycles. The van der Waals surface area contributed by atoms with Gasteiger partial charge in [-0.05, 0) is 84.0 Å². The number of carbonyl (C=O) groups excluding carboxylic acids is 1. The monoisotopic (exact) mass is 527 g/mol. The number of benzene rings is 2. The van der Waals surface area contributed by atoms with Gasteiger partial charge in [-0.15, -0.1) is 0 Å². The van der Waals surface area contributed by atoms with Crippen molar-refractivity contribution in [2.75, 3.05) is 14.2 Å². The highest BCUT2D eigenvalue weighted by atomic mass is 16.5. The average Bonchev–Trinajstić information content (AvgIpc) is 3.40. The van der Waals surface area contributed by atoms with Gasteiger partial charge in [-0.3, -0.25) is 9.59 Å². The predicted molar refractivity (Wildman–Crippen MR) is 148 cm³/mol. The number of aromatic nitrogens is 2. The molecule has 0 unspecified atom stereocenters. The molecule has 0 aliphatic heterocycles. The molecule has 2 aromatic heterocycles. The summed E-state index contributed by atoms with van der Waals surface area (Å²) >= 11 is 0. The van der Waals surface area contributed by atoms with Crippen molar-refractivity contribution >= 4 is 17.5 Å². The van der Waals surface area contributed by atoms with Gasteiger partial charge in [0, 0.05) is 25.4 Å². The van der Waals surface area contributed by atoms with Crippen molar-refractivity contribution in [3.05, 3.63) is 83.8 Å². The van der Waals surface area contributed by atoms with Crippen molar-refractivity contribution < 1.29 is 24.2 Å². The first-order valence-electron chi connectivity index (χ1n) is 13.2. The largest absolute Gasteiger partial charge is 0.493 e. The number of pyridine rings is 1. The van der Waals surface area contributed by atoms with Crippen LogP contribution >= 0.6 is 0 Å². The van der Waals surface area contributed by atoms with Crippen molar-refractivity contribution in [2.24, 2.45) is 5.92 Å². The van der Waals surface area contributed by atoms with Crippen LogP contribution in [0.3, 0.4) is 0 Å². The minimum Gasteiger partial charge on any atom is -0.493 e. The first-order chi connectivity index (χ1) is 18.9. The number of hydrogen-bond acceptors (Lipinski definition) is 5. The Morgan fingerprint density at radius 2 is 1.64 bits per heavy atom. The number of fused-ring (bicyclic) bond motifs is 1. The summed E-state index contributed by atoms with van der Waals surface area (Å²) in [6, 6.07) is 18.1. The zero-order valence-electron chi connectivity index (χ0n) is 22.2. The van der Waals surface area contributed by atoms with Crippen LogP contribution in [-0.4, -0.2) is 40.6 Å². The highest BCUT2D eigenvalue weighted by Crippen LogP contribution is 2.37. The second kappa shape index (κ2) is 11.6. The fraction of sp³-hybridized carbons (Fsp3) is 0.323. The Bertz CT molecular complexity index is 1470. The van der Waals surface area contributed by atoms with E-state index in [2.05, 4.69) is 34.6 Å². The standard InChI is InChI=1S/C31H33N3O5/c1-38-27-13-5-21(15-28(27)39-2)17-32-31(37)26-19-34-18-25(12-14-29(34)33-26)24-10-8-23(9-11-24)22-6-3-20(4-7-22)16-30(35)36/h5,8-15,18-20,22H,3-4,6-7,16-17H2,1-2H3,(H,32,37)(H,35,36). The van der Waals surface area contributed by atoms with Crippen molar-refractivity contribution in [3.63, 3.8) is 0 Å².